The predicted molar refractivity (Wildman–Crippen MR) is 178 cm³/mol. The lowest BCUT2D eigenvalue weighted by molar-refractivity contribution is -0.366. The molecule has 0 radical (unpaired) electrons. The average Bonchev–Trinajstić information content (AvgIpc) is 3.16. The SMILES string of the molecule is CC(=O)NC1C(O)[C@H](O[C@@H]2OC(CO[C@]3(C(=O)O)CC(O)[C@@H](NC(C)=O)C([C@H](O)[C@H](O)CO)O3)[C@H](O)C(O)C2O)C(CO)O[C@H]1OC1C(O)[C@H](O)C(CO)O[C@@H]1C. The van der Waals surface area contributed by atoms with E-state index in [1.807, 2.05) is 0 Å². The van der Waals surface area contributed by atoms with Crippen LogP contribution in [0.3, 0.4) is 0 Å². The van der Waals surface area contributed by atoms with Crippen LogP contribution in [0.15, 0.2) is 0 Å². The summed E-state index contributed by atoms with van der Waals surface area (Å²) in [7, 11) is 0. The summed E-state index contributed by atoms with van der Waals surface area (Å²) in [6, 6.07) is -3.08. The summed E-state index contributed by atoms with van der Waals surface area (Å²) in [6.45, 7) is -0.0762. The largest absolute Gasteiger partial charge is 0.477 e. The van der Waals surface area contributed by atoms with Crippen LogP contribution in [0.25, 0.3) is 0 Å². The molecule has 0 bridgehead atoms. The molecule has 4 fully saturated rings. The predicted octanol–water partition coefficient (Wildman–Crippen LogP) is -9.19. The van der Waals surface area contributed by atoms with Crippen molar-refractivity contribution in [3.05, 3.63) is 0 Å². The lowest BCUT2D eigenvalue weighted by Crippen LogP contribution is -2.69. The van der Waals surface area contributed by atoms with Gasteiger partial charge in [0.1, 0.15) is 91.5 Å². The first-order valence-corrected chi connectivity index (χ1v) is 18.0. The molecule has 15 N–H and O–H groups in total. The van der Waals surface area contributed by atoms with Gasteiger partial charge in [-0.1, -0.05) is 0 Å². The summed E-state index contributed by atoms with van der Waals surface area (Å²) in [6.07, 6.45) is -32.5. The van der Waals surface area contributed by atoms with E-state index >= 15 is 0 Å². The second-order valence-electron chi connectivity index (χ2n) is 14.4. The molecule has 330 valence electrons. The molecule has 4 aliphatic rings. The summed E-state index contributed by atoms with van der Waals surface area (Å²) in [5.74, 6) is -6.28. The Bertz CT molecular complexity index is 1350. The van der Waals surface area contributed by atoms with Crippen molar-refractivity contribution in [2.75, 3.05) is 26.4 Å². The highest BCUT2D eigenvalue weighted by molar-refractivity contribution is 5.76. The molecule has 4 heterocycles. The molecule has 57 heavy (non-hydrogen) atoms. The molecule has 0 spiro atoms. The Balaban J connectivity index is 1.54. The second-order valence-corrected chi connectivity index (χ2v) is 14.4. The maximum Gasteiger partial charge on any atom is 0.364 e. The number of aliphatic hydroxyl groups excluding tert-OH is 12. The minimum Gasteiger partial charge on any atom is -0.477 e. The van der Waals surface area contributed by atoms with E-state index in [1.54, 1.807) is 0 Å². The zero-order valence-corrected chi connectivity index (χ0v) is 31.0. The fourth-order valence-electron chi connectivity index (χ4n) is 7.18. The summed E-state index contributed by atoms with van der Waals surface area (Å²) >= 11 is 0. The van der Waals surface area contributed by atoms with Crippen LogP contribution in [0, 0.1) is 0 Å². The van der Waals surface area contributed by atoms with Crippen LogP contribution in [0.1, 0.15) is 27.2 Å². The standard InChI is InChI=1S/C32H54N2O23/c1-9-26(24(47)20(43)14(6-36)52-9)55-29-18(34-11(3)39)22(45)27(15(7-37)53-29)56-30-25(48)23(46)21(44)16(54-30)8-51-32(31(49)50)4-12(40)17(33-10(2)38)28(57-32)19(42)13(41)5-35/h9,12-30,35-37,40-48H,4-8H2,1-3H3,(H,33,38)(H,34,39)(H,49,50)/t9-,12?,13-,14?,15?,16?,17-,18?,19-,20-,21+,22?,23?,24?,25?,26?,27-,28?,29+,30+,32-/m1/s1. The number of hydrogen-bond donors (Lipinski definition) is 15. The first-order valence-electron chi connectivity index (χ1n) is 18.0. The summed E-state index contributed by atoms with van der Waals surface area (Å²) in [5, 5.41) is 141. The summed E-state index contributed by atoms with van der Waals surface area (Å²) in [4.78, 5) is 36.6. The van der Waals surface area contributed by atoms with Crippen LogP contribution >= 0.6 is 0 Å². The van der Waals surface area contributed by atoms with E-state index in [4.69, 9.17) is 33.2 Å². The molecule has 0 aromatic carbocycles. The minimum absolute atomic E-state index is 0.638. The van der Waals surface area contributed by atoms with E-state index in [9.17, 15) is 80.8 Å². The number of aliphatic hydroxyl groups is 12. The number of aliphatic carboxylic acids is 1. The molecule has 25 heteroatoms. The van der Waals surface area contributed by atoms with Crippen LogP contribution in [0.5, 0.6) is 0 Å². The lowest BCUT2D eigenvalue weighted by Gasteiger charge is -2.49. The maximum atomic E-state index is 12.6. The van der Waals surface area contributed by atoms with E-state index in [2.05, 4.69) is 10.6 Å². The third-order valence-corrected chi connectivity index (χ3v) is 10.2. The Morgan fingerprint density at radius 2 is 1.28 bits per heavy atom. The van der Waals surface area contributed by atoms with Gasteiger partial charge in [0.2, 0.25) is 11.8 Å². The fraction of sp³-hybridized carbons (Fsp3) is 0.906. The summed E-state index contributed by atoms with van der Waals surface area (Å²) in [5.41, 5.74) is 0. The molecule has 11 unspecified atom stereocenters. The number of ether oxygens (including phenoxy) is 7. The molecule has 2 amide bonds. The van der Waals surface area contributed by atoms with Crippen molar-refractivity contribution in [2.24, 2.45) is 0 Å². The van der Waals surface area contributed by atoms with Crippen molar-refractivity contribution in [2.45, 2.75) is 155 Å². The van der Waals surface area contributed by atoms with Crippen molar-refractivity contribution in [1.29, 1.82) is 0 Å². The second kappa shape index (κ2) is 19.8. The lowest BCUT2D eigenvalue weighted by atomic mass is 9.88. The van der Waals surface area contributed by atoms with Crippen LogP contribution in [0.4, 0.5) is 0 Å². The third kappa shape index (κ3) is 10.3. The molecule has 4 saturated heterocycles. The molecule has 25 nitrogen and oxygen atoms in total. The first-order chi connectivity index (χ1) is 26.7. The van der Waals surface area contributed by atoms with E-state index in [0.717, 1.165) is 13.8 Å². The molecule has 0 saturated carbocycles. The number of carbonyl (C=O) groups excluding carboxylic acids is 2. The molecular formula is C32H54N2O23. The van der Waals surface area contributed by atoms with Crippen LogP contribution in [-0.2, 0) is 47.5 Å². The van der Waals surface area contributed by atoms with Crippen molar-refractivity contribution in [3.8, 4) is 0 Å². The molecule has 21 atom stereocenters. The molecular weight excluding hydrogens is 780 g/mol. The van der Waals surface area contributed by atoms with Gasteiger partial charge >= 0.3 is 5.97 Å². The Kier molecular flexibility index (Phi) is 16.4. The topological polar surface area (TPSA) is 403 Å². The third-order valence-electron chi connectivity index (χ3n) is 10.2. The molecule has 4 aliphatic heterocycles. The van der Waals surface area contributed by atoms with Crippen LogP contribution in [0.2, 0.25) is 0 Å². The van der Waals surface area contributed by atoms with E-state index < -0.39 is 179 Å². The fourth-order valence-corrected chi connectivity index (χ4v) is 7.18. The van der Waals surface area contributed by atoms with E-state index in [0.29, 0.717) is 0 Å². The summed E-state index contributed by atoms with van der Waals surface area (Å²) < 4.78 is 39.6. The number of nitrogens with one attached hydrogen (secondary N) is 2. The Labute approximate surface area is 324 Å². The highest BCUT2D eigenvalue weighted by Gasteiger charge is 2.58. The highest BCUT2D eigenvalue weighted by Crippen LogP contribution is 2.36. The molecule has 4 rings (SSSR count). The van der Waals surface area contributed by atoms with Crippen molar-refractivity contribution in [3.63, 3.8) is 0 Å². The number of amides is 2. The van der Waals surface area contributed by atoms with Gasteiger partial charge in [0.15, 0.2) is 12.6 Å². The zero-order chi connectivity index (χ0) is 42.7. The number of carbonyl (C=O) groups is 3. The van der Waals surface area contributed by atoms with Crippen molar-refractivity contribution in [1.82, 2.24) is 10.6 Å². The van der Waals surface area contributed by atoms with Gasteiger partial charge in [0, 0.05) is 20.3 Å². The van der Waals surface area contributed by atoms with Crippen LogP contribution in [-0.4, -0.2) is 239 Å². The Morgan fingerprint density at radius 1 is 0.719 bits per heavy atom. The van der Waals surface area contributed by atoms with Gasteiger partial charge in [-0.3, -0.25) is 9.59 Å². The average molecular weight is 835 g/mol. The van der Waals surface area contributed by atoms with E-state index in [-0.39, 0.29) is 0 Å². The number of hydrogen-bond acceptors (Lipinski definition) is 22. The first kappa shape index (κ1) is 47.3. The van der Waals surface area contributed by atoms with Crippen molar-refractivity contribution >= 4 is 17.8 Å². The van der Waals surface area contributed by atoms with Gasteiger partial charge in [-0.25, -0.2) is 4.79 Å². The maximum absolute atomic E-state index is 12.6. The normalized spacial score (nSPS) is 45.1. The van der Waals surface area contributed by atoms with Gasteiger partial charge in [-0.2, -0.15) is 0 Å². The molecule has 0 aromatic heterocycles. The van der Waals surface area contributed by atoms with Gasteiger partial charge in [-0.05, 0) is 6.92 Å². The molecule has 0 aliphatic carbocycles. The molecule has 0 aromatic rings. The zero-order valence-electron chi connectivity index (χ0n) is 31.0. The Hall–Kier alpha value is -2.35. The van der Waals surface area contributed by atoms with Gasteiger partial charge in [0.05, 0.1) is 44.7 Å². The number of rotatable bonds is 15. The minimum atomic E-state index is -2.89. The number of carboxylic acid groups (broad SMARTS) is 1. The smallest absolute Gasteiger partial charge is 0.364 e. The number of carboxylic acids is 1. The van der Waals surface area contributed by atoms with Gasteiger partial charge in [0.25, 0.3) is 5.79 Å². The monoisotopic (exact) mass is 834 g/mol. The van der Waals surface area contributed by atoms with E-state index in [1.165, 1.54) is 6.92 Å². The Morgan fingerprint density at radius 3 is 1.84 bits per heavy atom. The van der Waals surface area contributed by atoms with Gasteiger partial charge < -0.3 is 110 Å². The quantitative estimate of drug-likeness (QED) is 0.0728. The van der Waals surface area contributed by atoms with Gasteiger partial charge in [-0.15, -0.1) is 0 Å². The highest BCUT2D eigenvalue weighted by atomic mass is 16.8. The van der Waals surface area contributed by atoms with Crippen molar-refractivity contribution < 1.29 is 114 Å². The van der Waals surface area contributed by atoms with Crippen LogP contribution < -0.4 is 10.6 Å².